The maximum atomic E-state index is 6.05. The van der Waals surface area contributed by atoms with E-state index in [0.717, 1.165) is 36.0 Å². The summed E-state index contributed by atoms with van der Waals surface area (Å²) >= 11 is 0. The molecule has 0 saturated heterocycles. The van der Waals surface area contributed by atoms with E-state index in [0.29, 0.717) is 6.61 Å². The zero-order valence-corrected chi connectivity index (χ0v) is 14.0. The number of nitrogens with two attached hydrogens (primary N) is 1. The Labute approximate surface area is 137 Å². The van der Waals surface area contributed by atoms with Gasteiger partial charge in [-0.05, 0) is 45.0 Å². The number of hydrogen-bond donors (Lipinski definition) is 1. The third-order valence-corrected chi connectivity index (χ3v) is 3.93. The number of rotatable bonds is 4. The molecule has 3 rings (SSSR count). The van der Waals surface area contributed by atoms with E-state index in [9.17, 15) is 0 Å². The summed E-state index contributed by atoms with van der Waals surface area (Å²) in [5.74, 6) is 1.75. The van der Waals surface area contributed by atoms with Crippen LogP contribution >= 0.6 is 0 Å². The van der Waals surface area contributed by atoms with Crippen molar-refractivity contribution in [3.8, 4) is 11.5 Å². The monoisotopic (exact) mass is 312 g/mol. The Kier molecular flexibility index (Phi) is 4.07. The summed E-state index contributed by atoms with van der Waals surface area (Å²) in [4.78, 5) is 2.30. The van der Waals surface area contributed by atoms with Crippen LogP contribution in [-0.2, 0) is 0 Å². The van der Waals surface area contributed by atoms with E-state index in [-0.39, 0.29) is 5.60 Å². The highest BCUT2D eigenvalue weighted by Gasteiger charge is 2.31. The smallest absolute Gasteiger partial charge is 0.145 e. The fourth-order valence-corrected chi connectivity index (χ4v) is 2.86. The van der Waals surface area contributed by atoms with Gasteiger partial charge in [0.25, 0.3) is 0 Å². The molecular formula is C19H24N2O2. The van der Waals surface area contributed by atoms with Crippen LogP contribution in [0.15, 0.2) is 42.5 Å². The fraction of sp³-hybridized carbons (Fsp3) is 0.368. The van der Waals surface area contributed by atoms with E-state index in [2.05, 4.69) is 37.8 Å². The van der Waals surface area contributed by atoms with Crippen molar-refractivity contribution in [3.05, 3.63) is 48.0 Å². The average Bonchev–Trinajstić information content (AvgIpc) is 2.47. The lowest BCUT2D eigenvalue weighted by atomic mass is 10.0. The number of benzene rings is 2. The van der Waals surface area contributed by atoms with Crippen molar-refractivity contribution in [1.82, 2.24) is 0 Å². The highest BCUT2D eigenvalue weighted by molar-refractivity contribution is 5.65. The van der Waals surface area contributed by atoms with Gasteiger partial charge in [-0.25, -0.2) is 0 Å². The third-order valence-electron chi connectivity index (χ3n) is 3.93. The molecule has 4 nitrogen and oxygen atoms in total. The van der Waals surface area contributed by atoms with E-state index in [1.54, 1.807) is 0 Å². The molecule has 0 aliphatic carbocycles. The van der Waals surface area contributed by atoms with Crippen LogP contribution in [0.5, 0.6) is 11.5 Å². The maximum absolute atomic E-state index is 6.05. The second kappa shape index (κ2) is 6.03. The Balaban J connectivity index is 1.68. The molecule has 0 aromatic heterocycles. The number of hydrogen-bond acceptors (Lipinski definition) is 4. The zero-order valence-electron chi connectivity index (χ0n) is 14.0. The van der Waals surface area contributed by atoms with Crippen LogP contribution in [0.4, 0.5) is 11.4 Å². The van der Waals surface area contributed by atoms with Crippen molar-refractivity contribution >= 4 is 11.4 Å². The SMILES string of the molecule is Cc1ccc(OCCN2CC(C)(C)Oc3cc(N)ccc32)cc1. The summed E-state index contributed by atoms with van der Waals surface area (Å²) < 4.78 is 11.9. The summed E-state index contributed by atoms with van der Waals surface area (Å²) in [7, 11) is 0. The molecule has 122 valence electrons. The van der Waals surface area contributed by atoms with Crippen molar-refractivity contribution in [2.24, 2.45) is 0 Å². The molecule has 0 saturated carbocycles. The lowest BCUT2D eigenvalue weighted by Crippen LogP contribution is -2.48. The molecule has 0 fully saturated rings. The first-order valence-corrected chi connectivity index (χ1v) is 7.96. The molecule has 2 aromatic carbocycles. The van der Waals surface area contributed by atoms with E-state index in [1.165, 1.54) is 5.56 Å². The second-order valence-corrected chi connectivity index (χ2v) is 6.67. The summed E-state index contributed by atoms with van der Waals surface area (Å²) in [6.45, 7) is 8.50. The maximum Gasteiger partial charge on any atom is 0.145 e. The summed E-state index contributed by atoms with van der Waals surface area (Å²) in [6.07, 6.45) is 0. The first kappa shape index (κ1) is 15.5. The fourth-order valence-electron chi connectivity index (χ4n) is 2.86. The molecule has 0 unspecified atom stereocenters. The van der Waals surface area contributed by atoms with Crippen LogP contribution in [0.1, 0.15) is 19.4 Å². The van der Waals surface area contributed by atoms with Gasteiger partial charge < -0.3 is 20.1 Å². The van der Waals surface area contributed by atoms with Gasteiger partial charge in [0, 0.05) is 11.8 Å². The molecule has 2 aromatic rings. The van der Waals surface area contributed by atoms with Crippen molar-refractivity contribution in [2.45, 2.75) is 26.4 Å². The zero-order chi connectivity index (χ0) is 16.4. The minimum atomic E-state index is -0.245. The molecule has 1 heterocycles. The summed E-state index contributed by atoms with van der Waals surface area (Å²) in [5, 5.41) is 0. The van der Waals surface area contributed by atoms with Crippen LogP contribution in [0.3, 0.4) is 0 Å². The number of ether oxygens (including phenoxy) is 2. The van der Waals surface area contributed by atoms with E-state index in [4.69, 9.17) is 15.2 Å². The van der Waals surface area contributed by atoms with Gasteiger partial charge in [0.15, 0.2) is 0 Å². The Morgan fingerprint density at radius 2 is 1.91 bits per heavy atom. The molecule has 0 spiro atoms. The first-order valence-electron chi connectivity index (χ1n) is 7.96. The van der Waals surface area contributed by atoms with E-state index in [1.807, 2.05) is 30.3 Å². The summed E-state index contributed by atoms with van der Waals surface area (Å²) in [5.41, 5.74) is 8.67. The van der Waals surface area contributed by atoms with Crippen LogP contribution in [0.2, 0.25) is 0 Å². The second-order valence-electron chi connectivity index (χ2n) is 6.67. The Hall–Kier alpha value is -2.36. The molecule has 0 radical (unpaired) electrons. The minimum absolute atomic E-state index is 0.245. The van der Waals surface area contributed by atoms with Gasteiger partial charge in [0.05, 0.1) is 18.8 Å². The molecule has 1 aliphatic heterocycles. The number of aryl methyl sites for hydroxylation is 1. The van der Waals surface area contributed by atoms with Gasteiger partial charge in [-0.3, -0.25) is 0 Å². The first-order chi connectivity index (χ1) is 10.9. The van der Waals surface area contributed by atoms with Crippen molar-refractivity contribution in [1.29, 1.82) is 0 Å². The number of fused-ring (bicyclic) bond motifs is 1. The predicted octanol–water partition coefficient (Wildman–Crippen LogP) is 3.63. The van der Waals surface area contributed by atoms with Crippen LogP contribution in [0, 0.1) is 6.92 Å². The molecule has 0 bridgehead atoms. The van der Waals surface area contributed by atoms with Crippen molar-refractivity contribution in [3.63, 3.8) is 0 Å². The van der Waals surface area contributed by atoms with E-state index >= 15 is 0 Å². The topological polar surface area (TPSA) is 47.7 Å². The molecule has 2 N–H and O–H groups in total. The van der Waals surface area contributed by atoms with Gasteiger partial charge in [0.2, 0.25) is 0 Å². The molecule has 23 heavy (non-hydrogen) atoms. The standard InChI is InChI=1S/C19H24N2O2/c1-14-4-7-16(8-5-14)22-11-10-21-13-19(2,3)23-18-12-15(20)6-9-17(18)21/h4-9,12H,10-11,13,20H2,1-3H3. The highest BCUT2D eigenvalue weighted by Crippen LogP contribution is 2.38. The number of anilines is 2. The Bertz CT molecular complexity index is 680. The largest absolute Gasteiger partial charge is 0.492 e. The summed E-state index contributed by atoms with van der Waals surface area (Å²) in [6, 6.07) is 14.0. The molecular weight excluding hydrogens is 288 g/mol. The van der Waals surface area contributed by atoms with Crippen LogP contribution in [0.25, 0.3) is 0 Å². The average molecular weight is 312 g/mol. The van der Waals surface area contributed by atoms with Gasteiger partial charge in [-0.1, -0.05) is 17.7 Å². The third kappa shape index (κ3) is 3.70. The van der Waals surface area contributed by atoms with Gasteiger partial charge >= 0.3 is 0 Å². The van der Waals surface area contributed by atoms with Gasteiger partial charge in [0.1, 0.15) is 23.7 Å². The predicted molar refractivity (Wildman–Crippen MR) is 94.4 cm³/mol. The Morgan fingerprint density at radius 1 is 1.17 bits per heavy atom. The minimum Gasteiger partial charge on any atom is -0.492 e. The Morgan fingerprint density at radius 3 is 2.65 bits per heavy atom. The quantitative estimate of drug-likeness (QED) is 0.876. The molecule has 0 amide bonds. The molecule has 0 atom stereocenters. The van der Waals surface area contributed by atoms with Crippen molar-refractivity contribution < 1.29 is 9.47 Å². The normalized spacial score (nSPS) is 15.7. The van der Waals surface area contributed by atoms with Gasteiger partial charge in [-0.15, -0.1) is 0 Å². The lowest BCUT2D eigenvalue weighted by molar-refractivity contribution is 0.104. The van der Waals surface area contributed by atoms with Crippen molar-refractivity contribution in [2.75, 3.05) is 30.3 Å². The number of nitrogen functional groups attached to an aromatic ring is 1. The lowest BCUT2D eigenvalue weighted by Gasteiger charge is -2.41. The van der Waals surface area contributed by atoms with Gasteiger partial charge in [-0.2, -0.15) is 0 Å². The molecule has 1 aliphatic rings. The highest BCUT2D eigenvalue weighted by atomic mass is 16.5. The van der Waals surface area contributed by atoms with Crippen LogP contribution in [-0.4, -0.2) is 25.3 Å². The number of nitrogens with zero attached hydrogens (tertiary/aromatic N) is 1. The molecule has 4 heteroatoms. The van der Waals surface area contributed by atoms with Crippen LogP contribution < -0.4 is 20.1 Å². The van der Waals surface area contributed by atoms with E-state index < -0.39 is 0 Å².